The molecule has 1 saturated carbocycles. The van der Waals surface area contributed by atoms with E-state index in [0.29, 0.717) is 19.4 Å². The lowest BCUT2D eigenvalue weighted by Gasteiger charge is -2.53. The third-order valence-electron chi connectivity index (χ3n) is 6.87. The van der Waals surface area contributed by atoms with Crippen LogP contribution in [0.15, 0.2) is 29.9 Å². The number of aliphatic carboxylic acids is 1. The Kier molecular flexibility index (Phi) is 5.64. The number of halogens is 1. The van der Waals surface area contributed by atoms with Gasteiger partial charge in [0.15, 0.2) is 0 Å². The standard InChI is InChI=1S/C23H30ClNO3/c1-6-10-28-25-19-13-20-22(4,8-7-9-23(20,5)21(26)27)17-12-18(24)15(14(2)3)11-16(17)19/h6,11-12,14,20H,1,7-10,13H2,2-5H3,(H,26,27)/b25-19+/t20?,22-,23-/m1/s1. The molecule has 1 fully saturated rings. The van der Waals surface area contributed by atoms with Gasteiger partial charge in [-0.2, -0.15) is 0 Å². The molecule has 2 aliphatic rings. The van der Waals surface area contributed by atoms with Crippen molar-refractivity contribution in [1.29, 1.82) is 0 Å². The largest absolute Gasteiger partial charge is 0.481 e. The Labute approximate surface area is 172 Å². The summed E-state index contributed by atoms with van der Waals surface area (Å²) >= 11 is 6.66. The van der Waals surface area contributed by atoms with E-state index >= 15 is 0 Å². The maximum absolute atomic E-state index is 12.3. The lowest BCUT2D eigenvalue weighted by molar-refractivity contribution is -0.156. The highest BCUT2D eigenvalue weighted by Crippen LogP contribution is 2.58. The molecule has 3 rings (SSSR count). The molecular formula is C23H30ClNO3. The minimum absolute atomic E-state index is 0.0641. The van der Waals surface area contributed by atoms with E-state index in [1.807, 2.05) is 6.92 Å². The van der Waals surface area contributed by atoms with Gasteiger partial charge in [0.05, 0.1) is 11.1 Å². The Hall–Kier alpha value is -1.81. The minimum Gasteiger partial charge on any atom is -0.481 e. The summed E-state index contributed by atoms with van der Waals surface area (Å²) in [5.74, 6) is -0.511. The number of hydrogen-bond donors (Lipinski definition) is 1. The van der Waals surface area contributed by atoms with Gasteiger partial charge in [0, 0.05) is 10.6 Å². The number of rotatable bonds is 5. The van der Waals surface area contributed by atoms with Crippen molar-refractivity contribution in [1.82, 2.24) is 0 Å². The van der Waals surface area contributed by atoms with Crippen molar-refractivity contribution in [2.45, 2.75) is 64.7 Å². The second-order valence-electron chi connectivity index (χ2n) is 8.95. The number of carboxylic acid groups (broad SMARTS) is 1. The number of fused-ring (bicyclic) bond motifs is 3. The molecule has 1 aromatic rings. The molecule has 0 saturated heterocycles. The van der Waals surface area contributed by atoms with E-state index in [9.17, 15) is 9.90 Å². The van der Waals surface area contributed by atoms with Gasteiger partial charge in [0.2, 0.25) is 0 Å². The van der Waals surface area contributed by atoms with E-state index in [1.165, 1.54) is 0 Å². The first-order chi connectivity index (χ1) is 13.1. The monoisotopic (exact) mass is 403 g/mol. The zero-order valence-corrected chi connectivity index (χ0v) is 18.0. The van der Waals surface area contributed by atoms with Crippen molar-refractivity contribution in [2.75, 3.05) is 6.61 Å². The molecule has 5 heteroatoms. The Morgan fingerprint density at radius 3 is 2.75 bits per heavy atom. The summed E-state index contributed by atoms with van der Waals surface area (Å²) in [5, 5.41) is 15.2. The van der Waals surface area contributed by atoms with E-state index in [-0.39, 0.29) is 17.3 Å². The third kappa shape index (κ3) is 3.26. The van der Waals surface area contributed by atoms with Crippen LogP contribution in [0.5, 0.6) is 0 Å². The second kappa shape index (κ2) is 7.55. The number of benzene rings is 1. The summed E-state index contributed by atoms with van der Waals surface area (Å²) in [6, 6.07) is 4.18. The number of carboxylic acids is 1. The molecule has 0 spiro atoms. The van der Waals surface area contributed by atoms with Gasteiger partial charge in [-0.1, -0.05) is 56.6 Å². The topological polar surface area (TPSA) is 58.9 Å². The fourth-order valence-electron chi connectivity index (χ4n) is 5.20. The van der Waals surface area contributed by atoms with Gasteiger partial charge in [-0.05, 0) is 66.7 Å². The Morgan fingerprint density at radius 2 is 2.14 bits per heavy atom. The summed E-state index contributed by atoms with van der Waals surface area (Å²) in [4.78, 5) is 17.7. The Morgan fingerprint density at radius 1 is 1.43 bits per heavy atom. The van der Waals surface area contributed by atoms with E-state index in [2.05, 4.69) is 44.6 Å². The van der Waals surface area contributed by atoms with Crippen molar-refractivity contribution in [3.63, 3.8) is 0 Å². The first kappa shape index (κ1) is 20.9. The molecular weight excluding hydrogens is 374 g/mol. The molecule has 1 unspecified atom stereocenters. The fraction of sp³-hybridized carbons (Fsp3) is 0.565. The van der Waals surface area contributed by atoms with E-state index in [1.54, 1.807) is 6.08 Å². The zero-order chi connectivity index (χ0) is 20.7. The Balaban J connectivity index is 2.22. The first-order valence-electron chi connectivity index (χ1n) is 10.0. The van der Waals surface area contributed by atoms with Gasteiger partial charge in [-0.3, -0.25) is 4.79 Å². The fourth-order valence-corrected chi connectivity index (χ4v) is 5.59. The van der Waals surface area contributed by atoms with E-state index in [0.717, 1.165) is 40.3 Å². The molecule has 0 amide bonds. The van der Waals surface area contributed by atoms with Crippen LogP contribution in [0, 0.1) is 11.3 Å². The molecule has 4 nitrogen and oxygen atoms in total. The maximum atomic E-state index is 12.3. The van der Waals surface area contributed by atoms with Crippen LogP contribution in [0.25, 0.3) is 0 Å². The predicted octanol–water partition coefficient (Wildman–Crippen LogP) is 5.92. The van der Waals surface area contributed by atoms with Crippen LogP contribution in [0.3, 0.4) is 0 Å². The molecule has 152 valence electrons. The van der Waals surface area contributed by atoms with Crippen LogP contribution in [0.4, 0.5) is 0 Å². The van der Waals surface area contributed by atoms with Crippen molar-refractivity contribution in [3.8, 4) is 0 Å². The second-order valence-corrected chi connectivity index (χ2v) is 9.35. The lowest BCUT2D eigenvalue weighted by Crippen LogP contribution is -2.53. The first-order valence-corrected chi connectivity index (χ1v) is 10.4. The highest BCUT2D eigenvalue weighted by molar-refractivity contribution is 6.31. The molecule has 3 atom stereocenters. The Bertz CT molecular complexity index is 831. The molecule has 1 aromatic carbocycles. The van der Waals surface area contributed by atoms with Gasteiger partial charge in [-0.25, -0.2) is 0 Å². The lowest BCUT2D eigenvalue weighted by atomic mass is 9.49. The molecule has 0 aromatic heterocycles. The number of carbonyl (C=O) groups is 1. The summed E-state index contributed by atoms with van der Waals surface area (Å²) in [5.41, 5.74) is 2.99. The van der Waals surface area contributed by atoms with E-state index in [4.69, 9.17) is 16.4 Å². The smallest absolute Gasteiger partial charge is 0.309 e. The highest BCUT2D eigenvalue weighted by Gasteiger charge is 2.56. The van der Waals surface area contributed by atoms with Crippen LogP contribution in [0.2, 0.25) is 5.02 Å². The van der Waals surface area contributed by atoms with Crippen molar-refractivity contribution in [2.24, 2.45) is 16.5 Å². The SMILES string of the molecule is C=CCO/N=C1\CC2[C@](C)(C(=O)O)CCC[C@]2(C)c2cc(Cl)c(C(C)C)cc21. The summed E-state index contributed by atoms with van der Waals surface area (Å²) in [6.45, 7) is 12.3. The van der Waals surface area contributed by atoms with Crippen molar-refractivity contribution in [3.05, 3.63) is 46.5 Å². The van der Waals surface area contributed by atoms with Gasteiger partial charge in [-0.15, -0.1) is 0 Å². The minimum atomic E-state index is -0.799. The molecule has 0 aliphatic heterocycles. The van der Waals surface area contributed by atoms with Crippen molar-refractivity contribution >= 4 is 23.3 Å². The van der Waals surface area contributed by atoms with Crippen molar-refractivity contribution < 1.29 is 14.7 Å². The summed E-state index contributed by atoms with van der Waals surface area (Å²) in [7, 11) is 0. The maximum Gasteiger partial charge on any atom is 0.309 e. The molecule has 0 bridgehead atoms. The normalized spacial score (nSPS) is 30.6. The number of oxime groups is 1. The number of hydrogen-bond acceptors (Lipinski definition) is 3. The average Bonchev–Trinajstić information content (AvgIpc) is 2.62. The van der Waals surface area contributed by atoms with Gasteiger partial charge in [0.1, 0.15) is 6.61 Å². The van der Waals surface area contributed by atoms with Gasteiger partial charge >= 0.3 is 5.97 Å². The molecule has 2 aliphatic carbocycles. The van der Waals surface area contributed by atoms with Crippen LogP contribution in [-0.4, -0.2) is 23.4 Å². The average molecular weight is 404 g/mol. The van der Waals surface area contributed by atoms with Crippen LogP contribution in [-0.2, 0) is 15.0 Å². The predicted molar refractivity (Wildman–Crippen MR) is 113 cm³/mol. The zero-order valence-electron chi connectivity index (χ0n) is 17.2. The van der Waals surface area contributed by atoms with E-state index < -0.39 is 11.4 Å². The summed E-state index contributed by atoms with van der Waals surface area (Å²) in [6.07, 6.45) is 4.75. The number of nitrogens with zero attached hydrogens (tertiary/aromatic N) is 1. The van der Waals surface area contributed by atoms with Gasteiger partial charge < -0.3 is 9.94 Å². The molecule has 1 N–H and O–H groups in total. The highest BCUT2D eigenvalue weighted by atomic mass is 35.5. The van der Waals surface area contributed by atoms with Crippen LogP contribution < -0.4 is 0 Å². The molecule has 0 radical (unpaired) electrons. The summed E-state index contributed by atoms with van der Waals surface area (Å²) < 4.78 is 0. The van der Waals surface area contributed by atoms with Gasteiger partial charge in [0.25, 0.3) is 0 Å². The quantitative estimate of drug-likeness (QED) is 0.377. The van der Waals surface area contributed by atoms with Crippen LogP contribution >= 0.6 is 11.6 Å². The third-order valence-corrected chi connectivity index (χ3v) is 7.20. The van der Waals surface area contributed by atoms with Crippen LogP contribution in [0.1, 0.15) is 76.0 Å². The molecule has 28 heavy (non-hydrogen) atoms. The molecule has 0 heterocycles.